The van der Waals surface area contributed by atoms with Gasteiger partial charge in [-0.05, 0) is 58.0 Å². The SMILES string of the molecule is CC(C)(C)[S+]([O-])N[C@]1(C)COc2c1cc(C(O)(CN)C(F)(F)F)nc2-c1ccc(F)cc1. The van der Waals surface area contributed by atoms with Crippen molar-refractivity contribution in [3.63, 3.8) is 0 Å². The molecule has 3 rings (SSSR count). The molecule has 0 radical (unpaired) electrons. The summed E-state index contributed by atoms with van der Waals surface area (Å²) in [5.74, 6) is -0.383. The Morgan fingerprint density at radius 3 is 2.34 bits per heavy atom. The van der Waals surface area contributed by atoms with Crippen molar-refractivity contribution in [3.05, 3.63) is 47.4 Å². The van der Waals surface area contributed by atoms with Crippen LogP contribution < -0.4 is 15.2 Å². The van der Waals surface area contributed by atoms with Crippen LogP contribution in [0.3, 0.4) is 0 Å². The number of benzene rings is 1. The van der Waals surface area contributed by atoms with E-state index < -0.39 is 51.5 Å². The third-order valence-corrected chi connectivity index (χ3v) is 7.00. The lowest BCUT2D eigenvalue weighted by molar-refractivity contribution is -0.263. The van der Waals surface area contributed by atoms with Gasteiger partial charge in [0.05, 0.1) is 5.69 Å². The predicted octanol–water partition coefficient (Wildman–Crippen LogP) is 3.26. The standard InChI is InChI=1S/C21H25F4N3O3S/c1-18(2,3)32(30)28-19(4)11-31-17-14(19)9-15(20(29,10-26)21(23,24)25)27-16(17)12-5-7-13(22)8-6-12/h5-9,28-29H,10-11,26H2,1-4H3/t19-,20?,32?/m1/s1. The zero-order valence-electron chi connectivity index (χ0n) is 18.0. The quantitative estimate of drug-likeness (QED) is 0.453. The fourth-order valence-electron chi connectivity index (χ4n) is 3.21. The number of ether oxygens (including phenoxy) is 1. The Labute approximate surface area is 186 Å². The van der Waals surface area contributed by atoms with Crippen LogP contribution in [0.25, 0.3) is 11.3 Å². The first kappa shape index (κ1) is 24.7. The summed E-state index contributed by atoms with van der Waals surface area (Å²) >= 11 is -1.58. The Hall–Kier alpha value is -1.92. The van der Waals surface area contributed by atoms with Crippen molar-refractivity contribution in [2.75, 3.05) is 13.2 Å². The lowest BCUT2D eigenvalue weighted by atomic mass is 9.89. The van der Waals surface area contributed by atoms with Gasteiger partial charge < -0.3 is 20.1 Å². The van der Waals surface area contributed by atoms with Gasteiger partial charge in [0, 0.05) is 29.0 Å². The zero-order chi connectivity index (χ0) is 24.1. The van der Waals surface area contributed by atoms with Gasteiger partial charge in [-0.15, -0.1) is 4.72 Å². The van der Waals surface area contributed by atoms with Gasteiger partial charge in [-0.2, -0.15) is 13.2 Å². The fraction of sp³-hybridized carbons (Fsp3) is 0.476. The normalized spacial score (nSPS) is 21.6. The minimum absolute atomic E-state index is 0.0132. The van der Waals surface area contributed by atoms with Gasteiger partial charge in [0.1, 0.15) is 28.4 Å². The van der Waals surface area contributed by atoms with Crippen LogP contribution in [0.1, 0.15) is 39.0 Å². The van der Waals surface area contributed by atoms with Crippen molar-refractivity contribution in [1.82, 2.24) is 9.71 Å². The molecule has 1 aliphatic rings. The van der Waals surface area contributed by atoms with E-state index in [2.05, 4.69) is 9.71 Å². The molecule has 11 heteroatoms. The van der Waals surface area contributed by atoms with Crippen LogP contribution in [0.2, 0.25) is 0 Å². The number of pyridine rings is 1. The maximum absolute atomic E-state index is 13.8. The van der Waals surface area contributed by atoms with Crippen LogP contribution in [-0.2, 0) is 22.5 Å². The van der Waals surface area contributed by atoms with E-state index in [9.17, 15) is 27.2 Å². The van der Waals surface area contributed by atoms with Gasteiger partial charge in [-0.3, -0.25) is 0 Å². The van der Waals surface area contributed by atoms with Crippen LogP contribution in [0.4, 0.5) is 17.6 Å². The number of rotatable bonds is 5. The largest absolute Gasteiger partial charge is 0.598 e. The number of fused-ring (bicyclic) bond motifs is 1. The van der Waals surface area contributed by atoms with Crippen molar-refractivity contribution in [2.45, 2.75) is 49.8 Å². The number of hydrogen-bond donors (Lipinski definition) is 3. The second kappa shape index (κ2) is 8.14. The van der Waals surface area contributed by atoms with E-state index in [1.54, 1.807) is 27.7 Å². The van der Waals surface area contributed by atoms with Crippen LogP contribution in [0, 0.1) is 5.82 Å². The summed E-state index contributed by atoms with van der Waals surface area (Å²) in [6.45, 7) is 5.66. The summed E-state index contributed by atoms with van der Waals surface area (Å²) < 4.78 is 75.6. The Bertz CT molecular complexity index is 998. The number of hydrogen-bond acceptors (Lipinski definition) is 6. The van der Waals surface area contributed by atoms with Gasteiger partial charge in [0.2, 0.25) is 5.60 Å². The molecule has 176 valence electrons. The molecule has 0 spiro atoms. The molecule has 0 amide bonds. The van der Waals surface area contributed by atoms with Crippen molar-refractivity contribution >= 4 is 11.4 Å². The summed E-state index contributed by atoms with van der Waals surface area (Å²) in [7, 11) is 0. The van der Waals surface area contributed by atoms with Crippen molar-refractivity contribution < 1.29 is 32.0 Å². The fourth-order valence-corrected chi connectivity index (χ4v) is 4.09. The van der Waals surface area contributed by atoms with Crippen LogP contribution >= 0.6 is 0 Å². The molecule has 0 fully saturated rings. The Morgan fingerprint density at radius 2 is 1.84 bits per heavy atom. The number of nitrogens with two attached hydrogens (primary N) is 1. The molecule has 2 aromatic rings. The van der Waals surface area contributed by atoms with Crippen LogP contribution in [0.15, 0.2) is 30.3 Å². The number of halogens is 4. The molecular weight excluding hydrogens is 450 g/mol. The molecule has 4 N–H and O–H groups in total. The first-order chi connectivity index (χ1) is 14.6. The average Bonchev–Trinajstić information content (AvgIpc) is 3.02. The predicted molar refractivity (Wildman–Crippen MR) is 113 cm³/mol. The van der Waals surface area contributed by atoms with Gasteiger partial charge in [-0.1, -0.05) is 0 Å². The summed E-state index contributed by atoms with van der Waals surface area (Å²) in [6, 6.07) is 6.03. The zero-order valence-corrected chi connectivity index (χ0v) is 18.8. The number of aromatic nitrogens is 1. The Morgan fingerprint density at radius 1 is 1.25 bits per heavy atom. The first-order valence-corrected chi connectivity index (χ1v) is 10.9. The van der Waals surface area contributed by atoms with Crippen LogP contribution in [0.5, 0.6) is 5.75 Å². The van der Waals surface area contributed by atoms with E-state index in [4.69, 9.17) is 10.5 Å². The second-order valence-electron chi connectivity index (χ2n) is 8.91. The van der Waals surface area contributed by atoms with E-state index in [0.717, 1.165) is 18.2 Å². The molecule has 3 atom stereocenters. The lowest BCUT2D eigenvalue weighted by Crippen LogP contribution is -2.51. The number of nitrogens with zero attached hydrogens (tertiary/aromatic N) is 1. The van der Waals surface area contributed by atoms with E-state index in [1.165, 1.54) is 12.1 Å². The van der Waals surface area contributed by atoms with E-state index in [1.807, 2.05) is 0 Å². The highest BCUT2D eigenvalue weighted by Gasteiger charge is 2.56. The number of alkyl halides is 3. The molecule has 6 nitrogen and oxygen atoms in total. The Kier molecular flexibility index (Phi) is 6.29. The highest BCUT2D eigenvalue weighted by atomic mass is 32.2. The van der Waals surface area contributed by atoms with Gasteiger partial charge >= 0.3 is 6.18 Å². The van der Waals surface area contributed by atoms with E-state index in [-0.39, 0.29) is 29.2 Å². The summed E-state index contributed by atoms with van der Waals surface area (Å²) in [4.78, 5) is 4.05. The molecular formula is C21H25F4N3O3S. The molecule has 0 aliphatic carbocycles. The minimum Gasteiger partial charge on any atom is -0.598 e. The molecule has 32 heavy (non-hydrogen) atoms. The number of nitrogens with one attached hydrogen (secondary N) is 1. The van der Waals surface area contributed by atoms with Gasteiger partial charge in [0.15, 0.2) is 5.75 Å². The maximum atomic E-state index is 13.8. The summed E-state index contributed by atoms with van der Waals surface area (Å²) in [5, 5.41) is 10.5. The molecule has 0 saturated heterocycles. The highest BCUT2D eigenvalue weighted by molar-refractivity contribution is 7.90. The van der Waals surface area contributed by atoms with Gasteiger partial charge in [0.25, 0.3) is 0 Å². The maximum Gasteiger partial charge on any atom is 0.424 e. The van der Waals surface area contributed by atoms with Crippen LogP contribution in [-0.4, -0.2) is 38.7 Å². The molecule has 2 heterocycles. The monoisotopic (exact) mass is 475 g/mol. The molecule has 0 bridgehead atoms. The van der Waals surface area contributed by atoms with E-state index in [0.29, 0.717) is 0 Å². The topological polar surface area (TPSA) is 103 Å². The lowest BCUT2D eigenvalue weighted by Gasteiger charge is -2.32. The molecule has 2 unspecified atom stereocenters. The number of aliphatic hydroxyl groups is 1. The Balaban J connectivity index is 2.25. The third-order valence-electron chi connectivity index (χ3n) is 5.25. The average molecular weight is 476 g/mol. The van der Waals surface area contributed by atoms with Crippen molar-refractivity contribution in [2.24, 2.45) is 5.73 Å². The highest BCUT2D eigenvalue weighted by Crippen LogP contribution is 2.47. The minimum atomic E-state index is -5.11. The van der Waals surface area contributed by atoms with Crippen molar-refractivity contribution in [1.29, 1.82) is 0 Å². The summed E-state index contributed by atoms with van der Waals surface area (Å²) in [5.41, 5.74) is 0.523. The smallest absolute Gasteiger partial charge is 0.424 e. The molecule has 1 aromatic carbocycles. The third kappa shape index (κ3) is 4.32. The second-order valence-corrected chi connectivity index (χ2v) is 10.9. The molecule has 1 aromatic heterocycles. The summed E-state index contributed by atoms with van der Waals surface area (Å²) in [6.07, 6.45) is -5.11. The van der Waals surface area contributed by atoms with Gasteiger partial charge in [-0.25, -0.2) is 9.37 Å². The molecule has 0 saturated carbocycles. The van der Waals surface area contributed by atoms with Crippen molar-refractivity contribution in [3.8, 4) is 17.0 Å². The first-order valence-electron chi connectivity index (χ1n) is 9.76. The van der Waals surface area contributed by atoms with E-state index >= 15 is 0 Å². The molecule has 1 aliphatic heterocycles.